The zero-order valence-corrected chi connectivity index (χ0v) is 14.1. The topological polar surface area (TPSA) is 59.4 Å². The fourth-order valence-corrected chi connectivity index (χ4v) is 2.69. The summed E-state index contributed by atoms with van der Waals surface area (Å²) < 4.78 is 7.29. The van der Waals surface area contributed by atoms with Crippen molar-refractivity contribution in [3.05, 3.63) is 18.0 Å². The minimum Gasteiger partial charge on any atom is -0.444 e. The summed E-state index contributed by atoms with van der Waals surface area (Å²) in [6.07, 6.45) is 4.75. The maximum absolute atomic E-state index is 12.2. The number of nitrogens with zero attached hydrogens (tertiary/aromatic N) is 3. The highest BCUT2D eigenvalue weighted by atomic mass is 16.6. The number of carbonyl (C=O) groups is 1. The lowest BCUT2D eigenvalue weighted by atomic mass is 10.2. The number of rotatable bonds is 5. The number of likely N-dealkylation sites (tertiary alicyclic amines) is 1. The first-order valence-electron chi connectivity index (χ1n) is 8.04. The highest BCUT2D eigenvalue weighted by Crippen LogP contribution is 2.20. The van der Waals surface area contributed by atoms with Gasteiger partial charge in [-0.05, 0) is 39.7 Å². The molecule has 1 saturated heterocycles. The lowest BCUT2D eigenvalue weighted by molar-refractivity contribution is 0.0227. The molecule has 0 aliphatic carbocycles. The number of aromatic nitrogens is 2. The number of aryl methyl sites for hydroxylation is 1. The molecule has 2 rings (SSSR count). The van der Waals surface area contributed by atoms with E-state index in [0.29, 0.717) is 0 Å². The maximum Gasteiger partial charge on any atom is 0.410 e. The van der Waals surface area contributed by atoms with Gasteiger partial charge in [-0.15, -0.1) is 0 Å². The van der Waals surface area contributed by atoms with E-state index >= 15 is 0 Å². The first-order valence-corrected chi connectivity index (χ1v) is 8.04. The second-order valence-electron chi connectivity index (χ2n) is 6.90. The summed E-state index contributed by atoms with van der Waals surface area (Å²) in [6.45, 7) is 8.19. The Bertz CT molecular complexity index is 493. The van der Waals surface area contributed by atoms with Crippen molar-refractivity contribution in [2.45, 2.75) is 51.7 Å². The summed E-state index contributed by atoms with van der Waals surface area (Å²) >= 11 is 0. The monoisotopic (exact) mass is 308 g/mol. The third-order valence-electron chi connectivity index (χ3n) is 3.71. The fourth-order valence-electron chi connectivity index (χ4n) is 2.69. The van der Waals surface area contributed by atoms with Crippen molar-refractivity contribution in [2.24, 2.45) is 7.05 Å². The Balaban J connectivity index is 1.73. The van der Waals surface area contributed by atoms with Gasteiger partial charge in [0.25, 0.3) is 0 Å². The normalized spacial score (nSPS) is 18.7. The SMILES string of the molecule is Cn1ccc(CCNCC2CCCN2C(=O)OC(C)(C)C)n1. The number of nitrogens with one attached hydrogen (secondary N) is 1. The molecule has 1 aromatic heterocycles. The van der Waals surface area contributed by atoms with Gasteiger partial charge in [0.15, 0.2) is 0 Å². The van der Waals surface area contributed by atoms with Crippen molar-refractivity contribution in [3.8, 4) is 0 Å². The molecule has 1 aliphatic heterocycles. The third kappa shape index (κ3) is 5.02. The number of ether oxygens (including phenoxy) is 1. The Morgan fingerprint density at radius 3 is 2.91 bits per heavy atom. The van der Waals surface area contributed by atoms with Crippen LogP contribution < -0.4 is 5.32 Å². The number of carbonyl (C=O) groups excluding carboxylic acids is 1. The summed E-state index contributed by atoms with van der Waals surface area (Å²) in [4.78, 5) is 14.1. The van der Waals surface area contributed by atoms with E-state index in [1.54, 1.807) is 0 Å². The van der Waals surface area contributed by atoms with E-state index in [1.165, 1.54) is 0 Å². The summed E-state index contributed by atoms with van der Waals surface area (Å²) in [5.41, 5.74) is 0.654. The largest absolute Gasteiger partial charge is 0.444 e. The molecule has 0 radical (unpaired) electrons. The minimum atomic E-state index is -0.434. The van der Waals surface area contributed by atoms with Gasteiger partial charge in [-0.25, -0.2) is 4.79 Å². The van der Waals surface area contributed by atoms with Crippen LogP contribution in [-0.4, -0.2) is 52.1 Å². The van der Waals surface area contributed by atoms with Crippen LogP contribution in [-0.2, 0) is 18.2 Å². The molecular formula is C16H28N4O2. The minimum absolute atomic E-state index is 0.193. The van der Waals surface area contributed by atoms with Crippen molar-refractivity contribution >= 4 is 6.09 Å². The molecule has 124 valence electrons. The molecule has 6 nitrogen and oxygen atoms in total. The van der Waals surface area contributed by atoms with E-state index in [9.17, 15) is 4.79 Å². The second-order valence-corrected chi connectivity index (χ2v) is 6.90. The highest BCUT2D eigenvalue weighted by Gasteiger charge is 2.31. The molecule has 1 aliphatic rings. The standard InChI is InChI=1S/C16H28N4O2/c1-16(2,3)22-15(21)20-10-5-6-14(20)12-17-9-7-13-8-11-19(4)18-13/h8,11,14,17H,5-7,9-10,12H2,1-4H3. The lowest BCUT2D eigenvalue weighted by Crippen LogP contribution is -2.44. The van der Waals surface area contributed by atoms with Gasteiger partial charge in [-0.1, -0.05) is 0 Å². The maximum atomic E-state index is 12.2. The molecule has 1 amide bonds. The van der Waals surface area contributed by atoms with Gasteiger partial charge in [-0.3, -0.25) is 4.68 Å². The smallest absolute Gasteiger partial charge is 0.410 e. The molecule has 1 unspecified atom stereocenters. The van der Waals surface area contributed by atoms with Gasteiger partial charge in [0.1, 0.15) is 5.60 Å². The Morgan fingerprint density at radius 2 is 2.27 bits per heavy atom. The molecule has 1 N–H and O–H groups in total. The van der Waals surface area contributed by atoms with E-state index in [1.807, 2.05) is 49.7 Å². The Hall–Kier alpha value is -1.56. The molecule has 1 aromatic rings. The van der Waals surface area contributed by atoms with Gasteiger partial charge >= 0.3 is 6.09 Å². The van der Waals surface area contributed by atoms with Crippen molar-refractivity contribution in [2.75, 3.05) is 19.6 Å². The first-order chi connectivity index (χ1) is 10.3. The second kappa shape index (κ2) is 7.13. The molecule has 2 heterocycles. The van der Waals surface area contributed by atoms with Crippen LogP contribution in [0.15, 0.2) is 12.3 Å². The van der Waals surface area contributed by atoms with Crippen LogP contribution in [0.25, 0.3) is 0 Å². The molecule has 1 atom stereocenters. The van der Waals surface area contributed by atoms with Gasteiger partial charge < -0.3 is 15.0 Å². The van der Waals surface area contributed by atoms with E-state index in [4.69, 9.17) is 4.74 Å². The summed E-state index contributed by atoms with van der Waals surface area (Å²) in [5.74, 6) is 0. The molecule has 0 aromatic carbocycles. The Labute approximate surface area is 132 Å². The molecule has 0 spiro atoms. The Kier molecular flexibility index (Phi) is 5.45. The van der Waals surface area contributed by atoms with Crippen LogP contribution in [0, 0.1) is 0 Å². The zero-order valence-electron chi connectivity index (χ0n) is 14.1. The summed E-state index contributed by atoms with van der Waals surface area (Å²) in [7, 11) is 1.92. The van der Waals surface area contributed by atoms with E-state index in [0.717, 1.165) is 44.6 Å². The van der Waals surface area contributed by atoms with Gasteiger partial charge in [-0.2, -0.15) is 5.10 Å². The van der Waals surface area contributed by atoms with Crippen LogP contribution in [0.2, 0.25) is 0 Å². The van der Waals surface area contributed by atoms with Crippen molar-refractivity contribution in [1.29, 1.82) is 0 Å². The molecule has 1 fully saturated rings. The van der Waals surface area contributed by atoms with Crippen LogP contribution in [0.1, 0.15) is 39.3 Å². The quantitative estimate of drug-likeness (QED) is 0.845. The molecule has 6 heteroatoms. The van der Waals surface area contributed by atoms with Crippen molar-refractivity contribution < 1.29 is 9.53 Å². The number of hydrogen-bond donors (Lipinski definition) is 1. The Morgan fingerprint density at radius 1 is 1.50 bits per heavy atom. The van der Waals surface area contributed by atoms with E-state index in [2.05, 4.69) is 10.4 Å². The average Bonchev–Trinajstić information content (AvgIpc) is 3.01. The van der Waals surface area contributed by atoms with Crippen molar-refractivity contribution in [1.82, 2.24) is 20.0 Å². The third-order valence-corrected chi connectivity index (χ3v) is 3.71. The van der Waals surface area contributed by atoms with E-state index in [-0.39, 0.29) is 12.1 Å². The fraction of sp³-hybridized carbons (Fsp3) is 0.750. The van der Waals surface area contributed by atoms with Gasteiger partial charge in [0.05, 0.1) is 5.69 Å². The average molecular weight is 308 g/mol. The molecule has 0 bridgehead atoms. The number of amides is 1. The first kappa shape index (κ1) is 16.8. The molecule has 22 heavy (non-hydrogen) atoms. The predicted molar refractivity (Wildman–Crippen MR) is 85.7 cm³/mol. The summed E-state index contributed by atoms with van der Waals surface area (Å²) in [5, 5.41) is 7.79. The van der Waals surface area contributed by atoms with Gasteiger partial charge in [0.2, 0.25) is 0 Å². The van der Waals surface area contributed by atoms with Crippen LogP contribution in [0.4, 0.5) is 4.79 Å². The van der Waals surface area contributed by atoms with Crippen LogP contribution in [0.5, 0.6) is 0 Å². The van der Waals surface area contributed by atoms with Crippen LogP contribution >= 0.6 is 0 Å². The van der Waals surface area contributed by atoms with Crippen molar-refractivity contribution in [3.63, 3.8) is 0 Å². The number of hydrogen-bond acceptors (Lipinski definition) is 4. The van der Waals surface area contributed by atoms with Crippen LogP contribution in [0.3, 0.4) is 0 Å². The zero-order chi connectivity index (χ0) is 16.2. The van der Waals surface area contributed by atoms with E-state index < -0.39 is 5.60 Å². The molecule has 0 saturated carbocycles. The lowest BCUT2D eigenvalue weighted by Gasteiger charge is -2.28. The molecular weight excluding hydrogens is 280 g/mol. The highest BCUT2D eigenvalue weighted by molar-refractivity contribution is 5.69. The summed E-state index contributed by atoms with van der Waals surface area (Å²) in [6, 6.07) is 2.27. The predicted octanol–water partition coefficient (Wildman–Crippen LogP) is 1.95. The van der Waals surface area contributed by atoms with Gasteiger partial charge in [0, 0.05) is 45.3 Å².